The fourth-order valence-corrected chi connectivity index (χ4v) is 3.18. The van der Waals surface area contributed by atoms with Crippen LogP contribution in [0, 0.1) is 11.8 Å². The van der Waals surface area contributed by atoms with Crippen LogP contribution in [-0.4, -0.2) is 26.6 Å². The van der Waals surface area contributed by atoms with Gasteiger partial charge in [-0.1, -0.05) is 52.1 Å². The molecule has 0 aromatic carbocycles. The van der Waals surface area contributed by atoms with Crippen molar-refractivity contribution < 1.29 is 0 Å². The number of rotatable bonds is 4. The van der Waals surface area contributed by atoms with Gasteiger partial charge < -0.3 is 10.6 Å². The fraction of sp³-hybridized carbons (Fsp3) is 0.800. The lowest BCUT2D eigenvalue weighted by molar-refractivity contribution is 0.337. The molecular weight excluding hydrogens is 276 g/mol. The summed E-state index contributed by atoms with van der Waals surface area (Å²) in [4.78, 5) is 2.24. The van der Waals surface area contributed by atoms with Gasteiger partial charge in [0.2, 0.25) is 0 Å². The number of hydrogen-bond donors (Lipinski definition) is 1. The van der Waals surface area contributed by atoms with E-state index in [2.05, 4.69) is 32.6 Å². The van der Waals surface area contributed by atoms with E-state index in [4.69, 9.17) is 30.2 Å². The van der Waals surface area contributed by atoms with Gasteiger partial charge in [0, 0.05) is 13.1 Å². The Morgan fingerprint density at radius 3 is 1.81 bits per heavy atom. The van der Waals surface area contributed by atoms with Crippen molar-refractivity contribution in [3.05, 3.63) is 0 Å². The standard InChI is InChI=1S/C10H20N2S4/c1-7(2)5-12(6-8(3)4)10(14)16-15-9(11)13/h7-8H,5-6H2,1-4H3,(H2,11,13). The summed E-state index contributed by atoms with van der Waals surface area (Å²) in [5.74, 6) is 1.21. The average Bonchev–Trinajstić information content (AvgIpc) is 2.11. The van der Waals surface area contributed by atoms with E-state index in [0.717, 1.165) is 17.4 Å². The minimum Gasteiger partial charge on any atom is -0.384 e. The van der Waals surface area contributed by atoms with Crippen molar-refractivity contribution in [2.45, 2.75) is 27.7 Å². The lowest BCUT2D eigenvalue weighted by Gasteiger charge is -2.27. The lowest BCUT2D eigenvalue weighted by atomic mass is 10.1. The Morgan fingerprint density at radius 2 is 1.50 bits per heavy atom. The van der Waals surface area contributed by atoms with Crippen molar-refractivity contribution >= 4 is 54.7 Å². The SMILES string of the molecule is CC(C)CN(CC(C)C)C(=S)SSC(N)=S. The summed E-state index contributed by atoms with van der Waals surface area (Å²) < 4.78 is 1.31. The first-order chi connectivity index (χ1) is 7.32. The van der Waals surface area contributed by atoms with Gasteiger partial charge in [-0.3, -0.25) is 0 Å². The van der Waals surface area contributed by atoms with Crippen LogP contribution >= 0.6 is 46.0 Å². The molecule has 0 aromatic rings. The lowest BCUT2D eigenvalue weighted by Crippen LogP contribution is -2.34. The first-order valence-corrected chi connectivity index (χ1v) is 8.22. The van der Waals surface area contributed by atoms with E-state index < -0.39 is 0 Å². The molecular formula is C10H20N2S4. The van der Waals surface area contributed by atoms with Crippen LogP contribution in [0.15, 0.2) is 0 Å². The zero-order valence-electron chi connectivity index (χ0n) is 10.2. The quantitative estimate of drug-likeness (QED) is 0.631. The summed E-state index contributed by atoms with van der Waals surface area (Å²) in [7, 11) is 2.85. The maximum atomic E-state index is 5.44. The first kappa shape index (κ1) is 16.5. The molecule has 6 heteroatoms. The van der Waals surface area contributed by atoms with E-state index in [-0.39, 0.29) is 0 Å². The fourth-order valence-electron chi connectivity index (χ4n) is 1.23. The zero-order valence-corrected chi connectivity index (χ0v) is 13.5. The highest BCUT2D eigenvalue weighted by molar-refractivity contribution is 8.89. The zero-order chi connectivity index (χ0) is 12.7. The molecule has 0 fully saturated rings. The summed E-state index contributed by atoms with van der Waals surface area (Å²) >= 11 is 10.2. The van der Waals surface area contributed by atoms with Crippen LogP contribution in [0.5, 0.6) is 0 Å². The summed E-state index contributed by atoms with van der Waals surface area (Å²) in [6, 6.07) is 0. The van der Waals surface area contributed by atoms with Gasteiger partial charge in [0.25, 0.3) is 0 Å². The van der Waals surface area contributed by atoms with Gasteiger partial charge in [-0.05, 0) is 33.4 Å². The molecule has 0 saturated carbocycles. The molecule has 0 atom stereocenters. The van der Waals surface area contributed by atoms with Crippen LogP contribution < -0.4 is 5.73 Å². The van der Waals surface area contributed by atoms with Crippen molar-refractivity contribution in [2.75, 3.05) is 13.1 Å². The third-order valence-corrected chi connectivity index (χ3v) is 4.93. The van der Waals surface area contributed by atoms with E-state index in [1.165, 1.54) is 21.6 Å². The van der Waals surface area contributed by atoms with E-state index in [1.807, 2.05) is 0 Å². The summed E-state index contributed by atoms with van der Waals surface area (Å²) in [6.45, 7) is 10.8. The third-order valence-electron chi connectivity index (χ3n) is 1.62. The van der Waals surface area contributed by atoms with Crippen molar-refractivity contribution in [3.8, 4) is 0 Å². The molecule has 0 aromatic heterocycles. The van der Waals surface area contributed by atoms with Crippen molar-refractivity contribution in [3.63, 3.8) is 0 Å². The monoisotopic (exact) mass is 296 g/mol. The number of thiocarbonyl (C=S) groups is 2. The topological polar surface area (TPSA) is 29.3 Å². The second-order valence-electron chi connectivity index (χ2n) is 4.44. The van der Waals surface area contributed by atoms with Crippen LogP contribution in [0.2, 0.25) is 0 Å². The van der Waals surface area contributed by atoms with Gasteiger partial charge in [-0.15, -0.1) is 0 Å². The Kier molecular flexibility index (Phi) is 8.81. The summed E-state index contributed by atoms with van der Waals surface area (Å²) in [6.07, 6.45) is 0. The maximum absolute atomic E-state index is 5.44. The van der Waals surface area contributed by atoms with Crippen molar-refractivity contribution in [2.24, 2.45) is 17.6 Å². The average molecular weight is 297 g/mol. The van der Waals surface area contributed by atoms with Crippen LogP contribution in [-0.2, 0) is 0 Å². The molecule has 16 heavy (non-hydrogen) atoms. The molecule has 0 bridgehead atoms. The second-order valence-corrected chi connectivity index (χ2v) is 7.95. The molecule has 0 radical (unpaired) electrons. The Bertz CT molecular complexity index is 231. The highest BCUT2D eigenvalue weighted by Gasteiger charge is 2.14. The largest absolute Gasteiger partial charge is 0.384 e. The molecule has 0 amide bonds. The minimum atomic E-state index is 0.432. The Morgan fingerprint density at radius 1 is 1.06 bits per heavy atom. The molecule has 0 aliphatic rings. The molecule has 2 N–H and O–H groups in total. The van der Waals surface area contributed by atoms with E-state index >= 15 is 0 Å². The highest BCUT2D eigenvalue weighted by atomic mass is 33.1. The highest BCUT2D eigenvalue weighted by Crippen LogP contribution is 2.26. The van der Waals surface area contributed by atoms with Crippen LogP contribution in [0.1, 0.15) is 27.7 Å². The van der Waals surface area contributed by atoms with Gasteiger partial charge in [-0.2, -0.15) is 0 Å². The van der Waals surface area contributed by atoms with Crippen LogP contribution in [0.4, 0.5) is 0 Å². The summed E-state index contributed by atoms with van der Waals surface area (Å²) in [5, 5.41) is 0. The predicted molar refractivity (Wildman–Crippen MR) is 85.8 cm³/mol. The van der Waals surface area contributed by atoms with Gasteiger partial charge in [0.1, 0.15) is 8.64 Å². The van der Waals surface area contributed by atoms with Crippen molar-refractivity contribution in [1.29, 1.82) is 0 Å². The second kappa shape index (κ2) is 8.55. The van der Waals surface area contributed by atoms with E-state index in [9.17, 15) is 0 Å². The predicted octanol–water partition coefficient (Wildman–Crippen LogP) is 3.51. The third kappa shape index (κ3) is 8.61. The van der Waals surface area contributed by atoms with Gasteiger partial charge in [-0.25, -0.2) is 0 Å². The smallest absolute Gasteiger partial charge is 0.147 e. The van der Waals surface area contributed by atoms with E-state index in [0.29, 0.717) is 16.2 Å². The van der Waals surface area contributed by atoms with Gasteiger partial charge >= 0.3 is 0 Å². The number of nitrogens with two attached hydrogens (primary N) is 1. The number of nitrogens with zero attached hydrogens (tertiary/aromatic N) is 1. The molecule has 0 saturated heterocycles. The molecule has 0 aliphatic heterocycles. The van der Waals surface area contributed by atoms with Crippen LogP contribution in [0.3, 0.4) is 0 Å². The van der Waals surface area contributed by atoms with Gasteiger partial charge in [0.05, 0.1) is 0 Å². The molecule has 2 nitrogen and oxygen atoms in total. The summed E-state index contributed by atoms with van der Waals surface area (Å²) in [5.41, 5.74) is 5.44. The first-order valence-electron chi connectivity index (χ1n) is 5.25. The van der Waals surface area contributed by atoms with Gasteiger partial charge in [0.15, 0.2) is 0 Å². The van der Waals surface area contributed by atoms with Crippen molar-refractivity contribution in [1.82, 2.24) is 4.90 Å². The molecule has 0 spiro atoms. The molecule has 94 valence electrons. The Labute approximate surface area is 117 Å². The minimum absolute atomic E-state index is 0.432. The Hall–Kier alpha value is 0.480. The number of hydrogen-bond acceptors (Lipinski definition) is 4. The molecule has 0 heterocycles. The molecule has 0 unspecified atom stereocenters. The van der Waals surface area contributed by atoms with E-state index in [1.54, 1.807) is 0 Å². The maximum Gasteiger partial charge on any atom is 0.147 e. The normalized spacial score (nSPS) is 10.9. The molecule has 0 aliphatic carbocycles. The molecule has 0 rings (SSSR count). The van der Waals surface area contributed by atoms with Crippen LogP contribution in [0.25, 0.3) is 0 Å². The Balaban J connectivity index is 4.25.